The van der Waals surface area contributed by atoms with Crippen molar-refractivity contribution in [2.45, 2.75) is 17.4 Å². The summed E-state index contributed by atoms with van der Waals surface area (Å²) in [6.45, 7) is 0.745. The molecule has 0 radical (unpaired) electrons. The van der Waals surface area contributed by atoms with Gasteiger partial charge in [0.25, 0.3) is 5.22 Å². The molecule has 3 N–H and O–H groups in total. The third-order valence-corrected chi connectivity index (χ3v) is 3.66. The monoisotopic (exact) mass is 304 g/mol. The molecule has 0 fully saturated rings. The molecule has 1 aromatic heterocycles. The van der Waals surface area contributed by atoms with E-state index in [0.717, 1.165) is 12.1 Å². The molecule has 18 heavy (non-hydrogen) atoms. The molecule has 0 bridgehead atoms. The Labute approximate surface area is 119 Å². The first kappa shape index (κ1) is 13.7. The van der Waals surface area contributed by atoms with Crippen LogP contribution in [0.2, 0.25) is 10.0 Å². The van der Waals surface area contributed by atoms with Crippen LogP contribution >= 0.6 is 35.0 Å². The summed E-state index contributed by atoms with van der Waals surface area (Å²) in [4.78, 5) is 0. The van der Waals surface area contributed by atoms with Crippen LogP contribution in [0, 0.1) is 0 Å². The van der Waals surface area contributed by atoms with Crippen LogP contribution in [0.1, 0.15) is 11.5 Å². The summed E-state index contributed by atoms with van der Waals surface area (Å²) >= 11 is 13.4. The van der Waals surface area contributed by atoms with Gasteiger partial charge in [-0.2, -0.15) is 0 Å². The molecule has 2 aromatic rings. The third-order valence-electron chi connectivity index (χ3n) is 2.21. The molecule has 1 heterocycles. The van der Waals surface area contributed by atoms with Crippen LogP contribution in [0.3, 0.4) is 0 Å². The minimum absolute atomic E-state index is 0.546. The second kappa shape index (κ2) is 6.43. The van der Waals surface area contributed by atoms with Crippen LogP contribution in [0.5, 0.6) is 0 Å². The number of thioether (sulfide) groups is 1. The summed E-state index contributed by atoms with van der Waals surface area (Å²) < 4.78 is 5.44. The van der Waals surface area contributed by atoms with Crippen LogP contribution in [0.4, 0.5) is 0 Å². The molecule has 0 spiro atoms. The van der Waals surface area contributed by atoms with Gasteiger partial charge in [-0.25, -0.2) is 0 Å². The van der Waals surface area contributed by atoms with Crippen molar-refractivity contribution in [3.8, 4) is 0 Å². The van der Waals surface area contributed by atoms with Gasteiger partial charge in [-0.15, -0.1) is 10.2 Å². The van der Waals surface area contributed by atoms with Crippen molar-refractivity contribution in [2.24, 2.45) is 0 Å². The topological polar surface area (TPSA) is 66.6 Å². The predicted molar refractivity (Wildman–Crippen MR) is 71.8 cm³/mol. The summed E-state index contributed by atoms with van der Waals surface area (Å²) in [5.41, 5.74) is 4.73. The van der Waals surface area contributed by atoms with E-state index in [9.17, 15) is 0 Å². The van der Waals surface area contributed by atoms with E-state index >= 15 is 0 Å². The van der Waals surface area contributed by atoms with Crippen LogP contribution in [-0.2, 0) is 12.2 Å². The van der Waals surface area contributed by atoms with Gasteiger partial charge in [0.05, 0.1) is 13.0 Å². The fourth-order valence-electron chi connectivity index (χ4n) is 1.33. The highest BCUT2D eigenvalue weighted by Gasteiger charge is 2.08. The predicted octanol–water partition coefficient (Wildman–Crippen LogP) is 2.45. The fraction of sp³-hybridized carbons (Fsp3) is 0.273. The number of nitrogens with zero attached hydrogens (tertiary/aromatic N) is 2. The standard InChI is InChI=1S/C11H11Cl2N3OS/c12-8-2-1-7(9(13)5-8)6-18-11-16-15-10(17-11)3-4-14/h1-2,5H,3-4,6,14H2/p+1. The second-order valence-electron chi connectivity index (χ2n) is 3.59. The van der Waals surface area contributed by atoms with Crippen molar-refractivity contribution in [1.82, 2.24) is 10.2 Å². The quantitative estimate of drug-likeness (QED) is 0.862. The average molecular weight is 305 g/mol. The SMILES string of the molecule is [NH3+]CCc1nnc(SCc2ccc(Cl)cc2Cl)o1. The van der Waals surface area contributed by atoms with E-state index in [4.69, 9.17) is 27.6 Å². The molecular formula is C11H12Cl2N3OS+. The van der Waals surface area contributed by atoms with Gasteiger partial charge in [0.2, 0.25) is 5.89 Å². The summed E-state index contributed by atoms with van der Waals surface area (Å²) in [5.74, 6) is 1.29. The maximum Gasteiger partial charge on any atom is 0.276 e. The molecule has 0 unspecified atom stereocenters. The number of quaternary nitrogens is 1. The number of halogens is 2. The van der Waals surface area contributed by atoms with Gasteiger partial charge < -0.3 is 10.2 Å². The average Bonchev–Trinajstić information content (AvgIpc) is 2.76. The third kappa shape index (κ3) is 3.62. The maximum atomic E-state index is 6.08. The van der Waals surface area contributed by atoms with Crippen LogP contribution in [-0.4, -0.2) is 16.7 Å². The molecule has 0 aliphatic carbocycles. The molecule has 0 saturated carbocycles. The zero-order valence-electron chi connectivity index (χ0n) is 9.53. The van der Waals surface area contributed by atoms with Gasteiger partial charge in [0.1, 0.15) is 0 Å². The van der Waals surface area contributed by atoms with Crippen molar-refractivity contribution in [3.63, 3.8) is 0 Å². The van der Waals surface area contributed by atoms with E-state index in [1.54, 1.807) is 6.07 Å². The lowest BCUT2D eigenvalue weighted by Crippen LogP contribution is -2.51. The zero-order valence-corrected chi connectivity index (χ0v) is 11.9. The zero-order chi connectivity index (χ0) is 13.0. The minimum atomic E-state index is 0.546. The Morgan fingerprint density at radius 3 is 2.83 bits per heavy atom. The first-order valence-electron chi connectivity index (χ1n) is 5.37. The summed E-state index contributed by atoms with van der Waals surface area (Å²) in [5, 5.41) is 9.69. The Hall–Kier alpha value is -0.750. The minimum Gasteiger partial charge on any atom is -0.416 e. The van der Waals surface area contributed by atoms with Gasteiger partial charge in [-0.1, -0.05) is 41.0 Å². The Morgan fingerprint density at radius 1 is 1.28 bits per heavy atom. The number of benzene rings is 1. The Bertz CT molecular complexity index is 533. The van der Waals surface area contributed by atoms with Gasteiger partial charge in [0.15, 0.2) is 0 Å². The molecule has 0 amide bonds. The highest BCUT2D eigenvalue weighted by molar-refractivity contribution is 7.98. The van der Waals surface area contributed by atoms with Crippen LogP contribution in [0.15, 0.2) is 27.8 Å². The van der Waals surface area contributed by atoms with E-state index in [-0.39, 0.29) is 0 Å². The molecule has 0 aliphatic heterocycles. The van der Waals surface area contributed by atoms with E-state index in [0.29, 0.717) is 33.3 Å². The fourth-order valence-corrected chi connectivity index (χ4v) is 2.67. The lowest BCUT2D eigenvalue weighted by Gasteiger charge is -2.01. The normalized spacial score (nSPS) is 10.8. The van der Waals surface area contributed by atoms with Gasteiger partial charge in [-0.05, 0) is 17.7 Å². The van der Waals surface area contributed by atoms with Crippen molar-refractivity contribution in [2.75, 3.05) is 6.54 Å². The molecule has 0 saturated heterocycles. The molecule has 96 valence electrons. The number of hydrogen-bond acceptors (Lipinski definition) is 4. The number of hydrogen-bond donors (Lipinski definition) is 1. The largest absolute Gasteiger partial charge is 0.416 e. The second-order valence-corrected chi connectivity index (χ2v) is 5.36. The van der Waals surface area contributed by atoms with Crippen LogP contribution in [0.25, 0.3) is 0 Å². The van der Waals surface area contributed by atoms with E-state index < -0.39 is 0 Å². The molecular weight excluding hydrogens is 293 g/mol. The molecule has 7 heteroatoms. The van der Waals surface area contributed by atoms with E-state index in [1.807, 2.05) is 12.1 Å². The number of rotatable bonds is 5. The summed E-state index contributed by atoms with van der Waals surface area (Å²) in [6.07, 6.45) is 0.704. The molecule has 1 aromatic carbocycles. The smallest absolute Gasteiger partial charge is 0.276 e. The Kier molecular flexibility index (Phi) is 4.88. The van der Waals surface area contributed by atoms with Crippen molar-refractivity contribution >= 4 is 35.0 Å². The Balaban J connectivity index is 1.97. The molecule has 0 atom stereocenters. The van der Waals surface area contributed by atoms with Crippen molar-refractivity contribution in [3.05, 3.63) is 39.7 Å². The van der Waals surface area contributed by atoms with Crippen LogP contribution < -0.4 is 5.73 Å². The van der Waals surface area contributed by atoms with Gasteiger partial charge in [0, 0.05) is 15.8 Å². The van der Waals surface area contributed by atoms with Gasteiger partial charge in [-0.3, -0.25) is 0 Å². The highest BCUT2D eigenvalue weighted by atomic mass is 35.5. The van der Waals surface area contributed by atoms with E-state index in [2.05, 4.69) is 15.9 Å². The lowest BCUT2D eigenvalue weighted by molar-refractivity contribution is -0.367. The highest BCUT2D eigenvalue weighted by Crippen LogP contribution is 2.27. The Morgan fingerprint density at radius 2 is 2.11 bits per heavy atom. The summed E-state index contributed by atoms with van der Waals surface area (Å²) in [6, 6.07) is 5.43. The molecule has 0 aliphatic rings. The first-order chi connectivity index (χ1) is 8.69. The lowest BCUT2D eigenvalue weighted by atomic mass is 10.2. The van der Waals surface area contributed by atoms with Gasteiger partial charge >= 0.3 is 0 Å². The summed E-state index contributed by atoms with van der Waals surface area (Å²) in [7, 11) is 0. The first-order valence-corrected chi connectivity index (χ1v) is 7.11. The molecule has 4 nitrogen and oxygen atoms in total. The van der Waals surface area contributed by atoms with E-state index in [1.165, 1.54) is 11.8 Å². The van der Waals surface area contributed by atoms with Crippen molar-refractivity contribution in [1.29, 1.82) is 0 Å². The number of aromatic nitrogens is 2. The van der Waals surface area contributed by atoms with Crippen molar-refractivity contribution < 1.29 is 10.2 Å². The molecule has 2 rings (SSSR count). The maximum absolute atomic E-state index is 6.08.